The van der Waals surface area contributed by atoms with E-state index in [4.69, 9.17) is 0 Å². The first-order chi connectivity index (χ1) is 16.1. The fraction of sp³-hybridized carbons (Fsp3) is 0.593. The second-order valence-electron chi connectivity index (χ2n) is 10.5. The maximum absolute atomic E-state index is 14.0. The normalized spacial score (nSPS) is 27.3. The van der Waals surface area contributed by atoms with Crippen LogP contribution in [0.25, 0.3) is 0 Å². The minimum atomic E-state index is -0.788. The molecule has 0 spiro atoms. The van der Waals surface area contributed by atoms with Gasteiger partial charge in [-0.05, 0) is 45.1 Å². The molecule has 3 rings (SSSR count). The third-order valence-corrected chi connectivity index (χ3v) is 6.90. The summed E-state index contributed by atoms with van der Waals surface area (Å²) in [6.07, 6.45) is 6.08. The average Bonchev–Trinajstić information content (AvgIpc) is 3.09. The van der Waals surface area contributed by atoms with Gasteiger partial charge in [0.2, 0.25) is 17.7 Å². The lowest BCUT2D eigenvalue weighted by Crippen LogP contribution is -2.56. The summed E-state index contributed by atoms with van der Waals surface area (Å²) < 4.78 is 0. The van der Waals surface area contributed by atoms with E-state index >= 15 is 0 Å². The van der Waals surface area contributed by atoms with Crippen molar-refractivity contribution in [1.82, 2.24) is 15.5 Å². The molecule has 34 heavy (non-hydrogen) atoms. The molecule has 6 atom stereocenters. The Kier molecular flexibility index (Phi) is 8.18. The van der Waals surface area contributed by atoms with Gasteiger partial charge in [0.05, 0.1) is 24.5 Å². The number of benzene rings is 1. The van der Waals surface area contributed by atoms with E-state index < -0.39 is 35.4 Å². The molecule has 1 aromatic carbocycles. The summed E-state index contributed by atoms with van der Waals surface area (Å²) in [6.45, 7) is 7.49. The lowest BCUT2D eigenvalue weighted by molar-refractivity contribution is -0.143. The number of carbonyl (C=O) groups is 3. The number of fused-ring (bicyclic) bond motifs is 1. The number of nitrogens with one attached hydrogen (secondary N) is 2. The Balaban J connectivity index is 2.06. The summed E-state index contributed by atoms with van der Waals surface area (Å²) in [5.41, 5.74) is 0.489. The number of carbonyl (C=O) groups excluding carboxylic acids is 3. The molecule has 0 unspecified atom stereocenters. The van der Waals surface area contributed by atoms with Crippen LogP contribution in [0.3, 0.4) is 0 Å². The fourth-order valence-electron chi connectivity index (χ4n) is 5.55. The van der Waals surface area contributed by atoms with Crippen molar-refractivity contribution in [3.05, 3.63) is 48.0 Å². The van der Waals surface area contributed by atoms with Crippen molar-refractivity contribution in [3.63, 3.8) is 0 Å². The van der Waals surface area contributed by atoms with Crippen LogP contribution < -0.4 is 10.6 Å². The summed E-state index contributed by atoms with van der Waals surface area (Å²) in [5, 5.41) is 16.1. The van der Waals surface area contributed by atoms with Crippen molar-refractivity contribution in [3.8, 4) is 0 Å². The van der Waals surface area contributed by atoms with Crippen LogP contribution >= 0.6 is 0 Å². The predicted octanol–water partition coefficient (Wildman–Crippen LogP) is 2.30. The summed E-state index contributed by atoms with van der Waals surface area (Å²) in [6, 6.07) is 8.29. The number of nitrogens with zero attached hydrogens (tertiary/aromatic N) is 1. The number of aliphatic hydroxyl groups is 1. The van der Waals surface area contributed by atoms with E-state index in [0.717, 1.165) is 18.4 Å². The van der Waals surface area contributed by atoms with E-state index in [1.165, 1.54) is 0 Å². The van der Waals surface area contributed by atoms with Crippen molar-refractivity contribution >= 4 is 17.7 Å². The third kappa shape index (κ3) is 5.35. The number of likely N-dealkylation sites (tertiary alicyclic amines) is 1. The van der Waals surface area contributed by atoms with E-state index in [9.17, 15) is 19.5 Å². The molecule has 1 aliphatic heterocycles. The Hall–Kier alpha value is -2.67. The molecule has 1 saturated heterocycles. The van der Waals surface area contributed by atoms with Gasteiger partial charge >= 0.3 is 0 Å². The van der Waals surface area contributed by atoms with Crippen LogP contribution in [0.5, 0.6) is 0 Å². The van der Waals surface area contributed by atoms with E-state index in [1.807, 2.05) is 63.3 Å². The van der Waals surface area contributed by atoms with Gasteiger partial charge in [-0.2, -0.15) is 0 Å². The minimum Gasteiger partial charge on any atom is -0.394 e. The lowest BCUT2D eigenvalue weighted by atomic mass is 9.68. The molecule has 0 radical (unpaired) electrons. The molecule has 3 N–H and O–H groups in total. The first-order valence-electron chi connectivity index (χ1n) is 12.3. The largest absolute Gasteiger partial charge is 0.394 e. The number of aliphatic hydroxyl groups excluding tert-OH is 1. The molecule has 1 fully saturated rings. The molecule has 7 nitrogen and oxygen atoms in total. The molecular formula is C27H39N3O4. The Labute approximate surface area is 203 Å². The van der Waals surface area contributed by atoms with Crippen LogP contribution in [0.15, 0.2) is 42.5 Å². The highest BCUT2D eigenvalue weighted by Gasteiger charge is 2.58. The van der Waals surface area contributed by atoms with Gasteiger partial charge in [0, 0.05) is 18.5 Å². The molecule has 0 saturated carbocycles. The first-order valence-corrected chi connectivity index (χ1v) is 12.3. The second kappa shape index (κ2) is 10.7. The van der Waals surface area contributed by atoms with E-state index in [1.54, 1.807) is 11.9 Å². The Morgan fingerprint density at radius 2 is 1.79 bits per heavy atom. The van der Waals surface area contributed by atoms with E-state index in [-0.39, 0.29) is 30.2 Å². The van der Waals surface area contributed by atoms with Crippen LogP contribution in [0.1, 0.15) is 46.1 Å². The summed E-state index contributed by atoms with van der Waals surface area (Å²) in [5.74, 6) is -2.34. The molecule has 0 bridgehead atoms. The van der Waals surface area contributed by atoms with Crippen molar-refractivity contribution in [2.45, 2.75) is 64.6 Å². The second-order valence-corrected chi connectivity index (χ2v) is 10.5. The smallest absolute Gasteiger partial charge is 0.243 e. The average molecular weight is 470 g/mol. The number of hydrogen-bond donors (Lipinski definition) is 3. The molecule has 186 valence electrons. The van der Waals surface area contributed by atoms with Crippen LogP contribution in [0, 0.1) is 23.7 Å². The van der Waals surface area contributed by atoms with Crippen molar-refractivity contribution in [2.75, 3.05) is 13.7 Å². The van der Waals surface area contributed by atoms with E-state index in [0.29, 0.717) is 6.42 Å². The highest BCUT2D eigenvalue weighted by Crippen LogP contribution is 2.46. The SMILES string of the molecule is CCC[C@@H]1C=C[C@H]2[C@H](C(=O)N([C@@H](CO)Cc3ccccc3)[C@@H]2C(=O)NC(C)(C)C)[C@@H]1C(=O)NC. The van der Waals surface area contributed by atoms with Crippen LogP contribution in [-0.2, 0) is 20.8 Å². The number of amides is 3. The Morgan fingerprint density at radius 3 is 2.35 bits per heavy atom. The first kappa shape index (κ1) is 25.9. The summed E-state index contributed by atoms with van der Waals surface area (Å²) >= 11 is 0. The molecule has 1 heterocycles. The highest BCUT2D eigenvalue weighted by molar-refractivity contribution is 5.97. The van der Waals surface area contributed by atoms with Gasteiger partial charge in [0.1, 0.15) is 6.04 Å². The molecule has 3 amide bonds. The van der Waals surface area contributed by atoms with Gasteiger partial charge in [0.15, 0.2) is 0 Å². The van der Waals surface area contributed by atoms with Gasteiger partial charge in [-0.15, -0.1) is 0 Å². The summed E-state index contributed by atoms with van der Waals surface area (Å²) in [4.78, 5) is 42.2. The highest BCUT2D eigenvalue weighted by atomic mass is 16.3. The monoisotopic (exact) mass is 469 g/mol. The zero-order chi connectivity index (χ0) is 25.0. The van der Waals surface area contributed by atoms with Gasteiger partial charge in [-0.1, -0.05) is 55.8 Å². The number of rotatable bonds is 8. The number of allylic oxidation sites excluding steroid dienone is 1. The fourth-order valence-corrected chi connectivity index (χ4v) is 5.55. The van der Waals surface area contributed by atoms with Gasteiger partial charge in [-0.3, -0.25) is 14.4 Å². The van der Waals surface area contributed by atoms with Gasteiger partial charge < -0.3 is 20.6 Å². The molecule has 0 aromatic heterocycles. The van der Waals surface area contributed by atoms with Crippen molar-refractivity contribution < 1.29 is 19.5 Å². The molecule has 2 aliphatic rings. The Bertz CT molecular complexity index is 908. The predicted molar refractivity (Wildman–Crippen MR) is 132 cm³/mol. The zero-order valence-corrected chi connectivity index (χ0v) is 21.0. The summed E-state index contributed by atoms with van der Waals surface area (Å²) in [7, 11) is 1.59. The maximum Gasteiger partial charge on any atom is 0.243 e. The lowest BCUT2D eigenvalue weighted by Gasteiger charge is -2.35. The van der Waals surface area contributed by atoms with Gasteiger partial charge in [-0.25, -0.2) is 0 Å². The molecular weight excluding hydrogens is 430 g/mol. The molecule has 7 heteroatoms. The van der Waals surface area contributed by atoms with Crippen LogP contribution in [-0.4, -0.2) is 59.0 Å². The van der Waals surface area contributed by atoms with Gasteiger partial charge in [0.25, 0.3) is 0 Å². The topological polar surface area (TPSA) is 98.7 Å². The molecule has 1 aromatic rings. The minimum absolute atomic E-state index is 0.0665. The van der Waals surface area contributed by atoms with E-state index in [2.05, 4.69) is 17.6 Å². The number of hydrogen-bond acceptors (Lipinski definition) is 4. The standard InChI is InChI=1S/C27H39N3O4/c1-6-10-18-13-14-20-22(21(18)24(32)28-5)26(34)30(23(20)25(33)29-27(2,3)4)19(16-31)15-17-11-8-7-9-12-17/h7-9,11-14,18-23,31H,6,10,15-16H2,1-5H3,(H,28,32)(H,29,33)/t18-,19-,20+,21-,22+,23+/m1/s1. The van der Waals surface area contributed by atoms with Crippen molar-refractivity contribution in [1.29, 1.82) is 0 Å². The van der Waals surface area contributed by atoms with Crippen LogP contribution in [0.2, 0.25) is 0 Å². The quantitative estimate of drug-likeness (QED) is 0.509. The van der Waals surface area contributed by atoms with Crippen molar-refractivity contribution in [2.24, 2.45) is 23.7 Å². The third-order valence-electron chi connectivity index (χ3n) is 6.90. The zero-order valence-electron chi connectivity index (χ0n) is 21.0. The molecule has 1 aliphatic carbocycles. The van der Waals surface area contributed by atoms with Crippen LogP contribution in [0.4, 0.5) is 0 Å². The maximum atomic E-state index is 14.0. The Morgan fingerprint density at radius 1 is 1.12 bits per heavy atom.